The van der Waals surface area contributed by atoms with Crippen LogP contribution in [0.3, 0.4) is 0 Å². The SMILES string of the molecule is CCNC1CCC(CCCCCCCC2CCC(O)C(C)N2)CC1(O)CC(=O)O. The number of aliphatic carboxylic acids is 1. The smallest absolute Gasteiger partial charge is 0.306 e. The predicted molar refractivity (Wildman–Crippen MR) is 116 cm³/mol. The lowest BCUT2D eigenvalue weighted by Gasteiger charge is -2.43. The Morgan fingerprint density at radius 2 is 1.76 bits per heavy atom. The maximum Gasteiger partial charge on any atom is 0.306 e. The summed E-state index contributed by atoms with van der Waals surface area (Å²) in [6, 6.07) is 0.681. The van der Waals surface area contributed by atoms with Crippen LogP contribution in [-0.2, 0) is 4.79 Å². The van der Waals surface area contributed by atoms with Crippen LogP contribution in [0.2, 0.25) is 0 Å². The number of carbonyl (C=O) groups is 1. The molecular formula is C23H44N2O4. The van der Waals surface area contributed by atoms with Gasteiger partial charge in [-0.2, -0.15) is 0 Å². The molecule has 0 aromatic rings. The lowest BCUT2D eigenvalue weighted by atomic mass is 9.71. The zero-order chi connectivity index (χ0) is 21.3. The second-order valence-electron chi connectivity index (χ2n) is 9.57. The fraction of sp³-hybridized carbons (Fsp3) is 0.957. The maximum absolute atomic E-state index is 11.2. The molecule has 0 aromatic heterocycles. The molecule has 0 amide bonds. The normalized spacial score (nSPS) is 35.5. The van der Waals surface area contributed by atoms with E-state index in [4.69, 9.17) is 0 Å². The Balaban J connectivity index is 1.58. The summed E-state index contributed by atoms with van der Waals surface area (Å²) in [5.41, 5.74) is -1.11. The van der Waals surface area contributed by atoms with Gasteiger partial charge in [-0.1, -0.05) is 45.4 Å². The molecule has 0 aromatic carbocycles. The van der Waals surface area contributed by atoms with E-state index in [1.54, 1.807) is 0 Å². The summed E-state index contributed by atoms with van der Waals surface area (Å²) in [4.78, 5) is 11.2. The summed E-state index contributed by atoms with van der Waals surface area (Å²) >= 11 is 0. The van der Waals surface area contributed by atoms with Crippen molar-refractivity contribution in [2.75, 3.05) is 6.54 Å². The van der Waals surface area contributed by atoms with Gasteiger partial charge in [0.1, 0.15) is 0 Å². The van der Waals surface area contributed by atoms with Crippen LogP contribution in [-0.4, -0.2) is 57.7 Å². The first-order valence-electron chi connectivity index (χ1n) is 12.0. The number of nitrogens with one attached hydrogen (secondary N) is 2. The molecule has 1 saturated carbocycles. The molecule has 170 valence electrons. The Bertz CT molecular complexity index is 489. The van der Waals surface area contributed by atoms with Crippen molar-refractivity contribution in [2.24, 2.45) is 5.92 Å². The molecule has 6 unspecified atom stereocenters. The van der Waals surface area contributed by atoms with E-state index in [2.05, 4.69) is 17.6 Å². The molecular weight excluding hydrogens is 368 g/mol. The number of unbranched alkanes of at least 4 members (excludes halogenated alkanes) is 4. The minimum atomic E-state index is -1.11. The molecule has 6 atom stereocenters. The molecule has 6 nitrogen and oxygen atoms in total. The predicted octanol–water partition coefficient (Wildman–Crippen LogP) is 3.20. The number of aliphatic hydroxyl groups excluding tert-OH is 1. The molecule has 2 aliphatic rings. The van der Waals surface area contributed by atoms with Crippen LogP contribution < -0.4 is 10.6 Å². The topological polar surface area (TPSA) is 102 Å². The van der Waals surface area contributed by atoms with Crippen molar-refractivity contribution in [1.82, 2.24) is 10.6 Å². The van der Waals surface area contributed by atoms with E-state index in [1.165, 1.54) is 38.5 Å². The summed E-state index contributed by atoms with van der Waals surface area (Å²) in [5.74, 6) is -0.471. The third-order valence-corrected chi connectivity index (χ3v) is 7.11. The first kappa shape index (κ1) is 24.6. The van der Waals surface area contributed by atoms with Gasteiger partial charge in [-0.25, -0.2) is 0 Å². The van der Waals surface area contributed by atoms with Gasteiger partial charge in [0.15, 0.2) is 0 Å². The average molecular weight is 413 g/mol. The van der Waals surface area contributed by atoms with Gasteiger partial charge in [-0.15, -0.1) is 0 Å². The standard InChI is InChI=1S/C23H44N2O4/c1-3-24-21-14-11-18(15-23(21,29)16-22(27)28)9-7-5-4-6-8-10-19-12-13-20(26)17(2)25-19/h17-21,24-26,29H,3-16H2,1-2H3,(H,27,28). The van der Waals surface area contributed by atoms with E-state index in [1.807, 2.05) is 6.92 Å². The Kier molecular flexibility index (Phi) is 10.4. The maximum atomic E-state index is 11.2. The van der Waals surface area contributed by atoms with E-state index < -0.39 is 11.6 Å². The largest absolute Gasteiger partial charge is 0.481 e. The van der Waals surface area contributed by atoms with Crippen LogP contribution in [0.5, 0.6) is 0 Å². The van der Waals surface area contributed by atoms with Crippen molar-refractivity contribution in [3.05, 3.63) is 0 Å². The van der Waals surface area contributed by atoms with Crippen LogP contribution in [0, 0.1) is 5.92 Å². The summed E-state index contributed by atoms with van der Waals surface area (Å²) in [5, 5.41) is 36.8. The molecule has 1 saturated heterocycles. The van der Waals surface area contributed by atoms with Gasteiger partial charge >= 0.3 is 5.97 Å². The zero-order valence-corrected chi connectivity index (χ0v) is 18.5. The Labute approximate surface area is 176 Å². The summed E-state index contributed by atoms with van der Waals surface area (Å²) in [6.07, 6.45) is 12.6. The molecule has 1 aliphatic carbocycles. The van der Waals surface area contributed by atoms with E-state index in [-0.39, 0.29) is 24.6 Å². The highest BCUT2D eigenvalue weighted by molar-refractivity contribution is 5.68. The molecule has 0 radical (unpaired) electrons. The van der Waals surface area contributed by atoms with Crippen molar-refractivity contribution in [2.45, 2.75) is 127 Å². The van der Waals surface area contributed by atoms with Crippen LogP contribution in [0.25, 0.3) is 0 Å². The molecule has 5 N–H and O–H groups in total. The second-order valence-corrected chi connectivity index (χ2v) is 9.57. The number of likely N-dealkylation sites (N-methyl/N-ethyl adjacent to an activating group) is 1. The minimum absolute atomic E-state index is 0.0999. The number of hydrogen-bond donors (Lipinski definition) is 5. The summed E-state index contributed by atoms with van der Waals surface area (Å²) in [6.45, 7) is 4.83. The summed E-state index contributed by atoms with van der Waals surface area (Å²) < 4.78 is 0. The molecule has 29 heavy (non-hydrogen) atoms. The fourth-order valence-corrected chi connectivity index (χ4v) is 5.43. The zero-order valence-electron chi connectivity index (χ0n) is 18.5. The number of aliphatic hydroxyl groups is 2. The average Bonchev–Trinajstić information content (AvgIpc) is 2.65. The monoisotopic (exact) mass is 412 g/mol. The van der Waals surface area contributed by atoms with Gasteiger partial charge < -0.3 is 26.0 Å². The van der Waals surface area contributed by atoms with E-state index in [9.17, 15) is 20.1 Å². The number of rotatable bonds is 12. The van der Waals surface area contributed by atoms with Gasteiger partial charge in [0.25, 0.3) is 0 Å². The first-order valence-corrected chi connectivity index (χ1v) is 12.0. The van der Waals surface area contributed by atoms with Crippen molar-refractivity contribution in [1.29, 1.82) is 0 Å². The molecule has 1 heterocycles. The first-order chi connectivity index (χ1) is 13.8. The Morgan fingerprint density at radius 3 is 2.41 bits per heavy atom. The molecule has 0 bridgehead atoms. The van der Waals surface area contributed by atoms with Crippen LogP contribution >= 0.6 is 0 Å². The van der Waals surface area contributed by atoms with Gasteiger partial charge in [0.05, 0.1) is 18.1 Å². The van der Waals surface area contributed by atoms with Gasteiger partial charge in [0.2, 0.25) is 0 Å². The lowest BCUT2D eigenvalue weighted by molar-refractivity contribution is -0.146. The molecule has 0 spiro atoms. The van der Waals surface area contributed by atoms with Crippen LogP contribution in [0.4, 0.5) is 0 Å². The van der Waals surface area contributed by atoms with E-state index in [0.717, 1.165) is 38.6 Å². The van der Waals surface area contributed by atoms with E-state index >= 15 is 0 Å². The molecule has 2 rings (SSSR count). The van der Waals surface area contributed by atoms with Crippen molar-refractivity contribution < 1.29 is 20.1 Å². The number of carboxylic acids is 1. The lowest BCUT2D eigenvalue weighted by Crippen LogP contribution is -2.55. The number of carboxylic acid groups (broad SMARTS) is 1. The van der Waals surface area contributed by atoms with Gasteiger partial charge in [-0.05, 0) is 57.9 Å². The van der Waals surface area contributed by atoms with Gasteiger partial charge in [0, 0.05) is 18.1 Å². The molecule has 6 heteroatoms. The quantitative estimate of drug-likeness (QED) is 0.316. The van der Waals surface area contributed by atoms with Crippen molar-refractivity contribution >= 4 is 5.97 Å². The van der Waals surface area contributed by atoms with E-state index in [0.29, 0.717) is 18.4 Å². The third kappa shape index (κ3) is 8.16. The van der Waals surface area contributed by atoms with Crippen LogP contribution in [0.15, 0.2) is 0 Å². The third-order valence-electron chi connectivity index (χ3n) is 7.11. The van der Waals surface area contributed by atoms with Crippen LogP contribution in [0.1, 0.15) is 97.3 Å². The Morgan fingerprint density at radius 1 is 1.07 bits per heavy atom. The molecule has 1 aliphatic heterocycles. The number of piperidine rings is 1. The van der Waals surface area contributed by atoms with Crippen molar-refractivity contribution in [3.8, 4) is 0 Å². The highest BCUT2D eigenvalue weighted by Crippen LogP contribution is 2.37. The van der Waals surface area contributed by atoms with Gasteiger partial charge in [-0.3, -0.25) is 4.79 Å². The van der Waals surface area contributed by atoms with Crippen molar-refractivity contribution in [3.63, 3.8) is 0 Å². The molecule has 2 fully saturated rings. The summed E-state index contributed by atoms with van der Waals surface area (Å²) in [7, 11) is 0. The highest BCUT2D eigenvalue weighted by Gasteiger charge is 2.43. The second kappa shape index (κ2) is 12.2. The highest BCUT2D eigenvalue weighted by atomic mass is 16.4. The Hall–Kier alpha value is -0.690. The minimum Gasteiger partial charge on any atom is -0.481 e. The fourth-order valence-electron chi connectivity index (χ4n) is 5.43. The number of hydrogen-bond acceptors (Lipinski definition) is 5.